The second-order valence-corrected chi connectivity index (χ2v) is 7.76. The number of thiophene rings is 1. The fraction of sp³-hybridized carbons (Fsp3) is 0.211. The van der Waals surface area contributed by atoms with Crippen LogP contribution < -0.4 is 15.6 Å². The van der Waals surface area contributed by atoms with Crippen molar-refractivity contribution in [2.24, 2.45) is 0 Å². The Morgan fingerprint density at radius 3 is 2.70 bits per heavy atom. The maximum atomic E-state index is 12.0. The van der Waals surface area contributed by atoms with Crippen molar-refractivity contribution in [1.29, 1.82) is 0 Å². The molecule has 0 unspecified atom stereocenters. The molecule has 2 aromatic heterocycles. The van der Waals surface area contributed by atoms with Crippen molar-refractivity contribution in [3.8, 4) is 15.6 Å². The van der Waals surface area contributed by atoms with Crippen molar-refractivity contribution in [1.82, 2.24) is 15.8 Å². The lowest BCUT2D eigenvalue weighted by molar-refractivity contribution is -0.129. The molecule has 2 N–H and O–H groups in total. The van der Waals surface area contributed by atoms with Crippen LogP contribution in [-0.2, 0) is 16.0 Å². The number of thiazole rings is 1. The maximum absolute atomic E-state index is 12.0. The summed E-state index contributed by atoms with van der Waals surface area (Å²) < 4.78 is 5.50. The van der Waals surface area contributed by atoms with E-state index < -0.39 is 5.91 Å². The SMILES string of the molecule is Cc1ccc(C)c(OCC(=O)NNC(=O)Cc2csc(-c3cccs3)n2)c1. The molecule has 0 radical (unpaired) electrons. The second-order valence-electron chi connectivity index (χ2n) is 5.95. The number of carbonyl (C=O) groups is 2. The van der Waals surface area contributed by atoms with Crippen molar-refractivity contribution in [3.05, 3.63) is 57.9 Å². The van der Waals surface area contributed by atoms with E-state index in [-0.39, 0.29) is 18.9 Å². The van der Waals surface area contributed by atoms with Crippen molar-refractivity contribution < 1.29 is 14.3 Å². The van der Waals surface area contributed by atoms with Crippen LogP contribution in [-0.4, -0.2) is 23.4 Å². The molecular formula is C19H19N3O3S2. The highest BCUT2D eigenvalue weighted by Crippen LogP contribution is 2.27. The Kier molecular flexibility index (Phi) is 6.20. The first-order valence-electron chi connectivity index (χ1n) is 8.27. The van der Waals surface area contributed by atoms with E-state index >= 15 is 0 Å². The van der Waals surface area contributed by atoms with Gasteiger partial charge in [0.25, 0.3) is 5.91 Å². The highest BCUT2D eigenvalue weighted by Gasteiger charge is 2.11. The maximum Gasteiger partial charge on any atom is 0.276 e. The molecule has 8 heteroatoms. The predicted octanol–water partition coefficient (Wildman–Crippen LogP) is 3.26. The Balaban J connectivity index is 1.43. The number of carbonyl (C=O) groups excluding carboxylic acids is 2. The van der Waals surface area contributed by atoms with Gasteiger partial charge in [-0.2, -0.15) is 0 Å². The van der Waals surface area contributed by atoms with E-state index in [1.165, 1.54) is 11.3 Å². The molecule has 0 saturated heterocycles. The van der Waals surface area contributed by atoms with Crippen molar-refractivity contribution in [2.75, 3.05) is 6.61 Å². The minimum atomic E-state index is -0.429. The first-order valence-corrected chi connectivity index (χ1v) is 10.0. The zero-order valence-electron chi connectivity index (χ0n) is 14.9. The Bertz CT molecular complexity index is 936. The zero-order valence-corrected chi connectivity index (χ0v) is 16.6. The molecule has 1 aromatic carbocycles. The highest BCUT2D eigenvalue weighted by atomic mass is 32.1. The number of rotatable bonds is 6. The lowest BCUT2D eigenvalue weighted by atomic mass is 10.1. The zero-order chi connectivity index (χ0) is 19.2. The Morgan fingerprint density at radius 2 is 1.93 bits per heavy atom. The number of hydrogen-bond donors (Lipinski definition) is 2. The van der Waals surface area contributed by atoms with Crippen LogP contribution in [0.2, 0.25) is 0 Å². The van der Waals surface area contributed by atoms with Crippen LogP contribution in [0, 0.1) is 13.8 Å². The smallest absolute Gasteiger partial charge is 0.276 e. The summed E-state index contributed by atoms with van der Waals surface area (Å²) in [4.78, 5) is 29.4. The molecule has 2 heterocycles. The summed E-state index contributed by atoms with van der Waals surface area (Å²) in [5, 5.41) is 4.72. The van der Waals surface area contributed by atoms with E-state index in [9.17, 15) is 9.59 Å². The van der Waals surface area contributed by atoms with Crippen LogP contribution >= 0.6 is 22.7 Å². The van der Waals surface area contributed by atoms with Gasteiger partial charge in [0.05, 0.1) is 17.0 Å². The van der Waals surface area contributed by atoms with E-state index in [2.05, 4.69) is 15.8 Å². The van der Waals surface area contributed by atoms with Crippen LogP contribution in [0.3, 0.4) is 0 Å². The van der Waals surface area contributed by atoms with E-state index in [1.807, 2.05) is 54.9 Å². The molecule has 0 atom stereocenters. The summed E-state index contributed by atoms with van der Waals surface area (Å²) in [5.74, 6) is -0.111. The third kappa shape index (κ3) is 5.38. The normalized spacial score (nSPS) is 10.4. The summed E-state index contributed by atoms with van der Waals surface area (Å²) in [7, 11) is 0. The Labute approximate surface area is 165 Å². The molecule has 0 saturated carbocycles. The van der Waals surface area contributed by atoms with Crippen LogP contribution in [0.4, 0.5) is 0 Å². The molecule has 140 valence electrons. The van der Waals surface area contributed by atoms with Gasteiger partial charge in [0, 0.05) is 5.38 Å². The second kappa shape index (κ2) is 8.79. The van der Waals surface area contributed by atoms with E-state index in [4.69, 9.17) is 4.74 Å². The van der Waals surface area contributed by atoms with Gasteiger partial charge < -0.3 is 4.74 Å². The lowest BCUT2D eigenvalue weighted by Crippen LogP contribution is -2.44. The summed E-state index contributed by atoms with van der Waals surface area (Å²) in [5.41, 5.74) is 7.41. The van der Waals surface area contributed by atoms with Crippen LogP contribution in [0.15, 0.2) is 41.1 Å². The minimum Gasteiger partial charge on any atom is -0.483 e. The quantitative estimate of drug-likeness (QED) is 0.622. The van der Waals surface area contributed by atoms with Gasteiger partial charge in [-0.25, -0.2) is 4.98 Å². The Hall–Kier alpha value is -2.71. The molecule has 0 bridgehead atoms. The summed E-state index contributed by atoms with van der Waals surface area (Å²) >= 11 is 3.10. The summed E-state index contributed by atoms with van der Waals surface area (Å²) in [6.45, 7) is 3.69. The molecule has 0 aliphatic carbocycles. The van der Waals surface area contributed by atoms with E-state index in [1.54, 1.807) is 11.3 Å². The first-order chi connectivity index (χ1) is 13.0. The third-order valence-corrected chi connectivity index (χ3v) is 5.60. The van der Waals surface area contributed by atoms with Crippen LogP contribution in [0.1, 0.15) is 16.8 Å². The fourth-order valence-corrected chi connectivity index (χ4v) is 3.93. The van der Waals surface area contributed by atoms with Crippen molar-refractivity contribution >= 4 is 34.5 Å². The number of aryl methyl sites for hydroxylation is 2. The van der Waals surface area contributed by atoms with Gasteiger partial charge in [-0.05, 0) is 42.5 Å². The molecule has 0 spiro atoms. The Morgan fingerprint density at radius 1 is 1.11 bits per heavy atom. The number of aromatic nitrogens is 1. The molecule has 3 aromatic rings. The van der Waals surface area contributed by atoms with Gasteiger partial charge in [-0.3, -0.25) is 20.4 Å². The van der Waals surface area contributed by atoms with E-state index in [0.29, 0.717) is 11.4 Å². The number of ether oxygens (including phenoxy) is 1. The third-order valence-electron chi connectivity index (χ3n) is 3.67. The average Bonchev–Trinajstić information content (AvgIpc) is 3.32. The summed E-state index contributed by atoms with van der Waals surface area (Å²) in [6, 6.07) is 9.73. The number of amides is 2. The van der Waals surface area contributed by atoms with Gasteiger partial charge in [0.2, 0.25) is 5.91 Å². The van der Waals surface area contributed by atoms with Gasteiger partial charge >= 0.3 is 0 Å². The number of hydrogen-bond acceptors (Lipinski definition) is 6. The highest BCUT2D eigenvalue weighted by molar-refractivity contribution is 7.20. The van der Waals surface area contributed by atoms with Crippen LogP contribution in [0.25, 0.3) is 9.88 Å². The number of nitrogens with zero attached hydrogens (tertiary/aromatic N) is 1. The molecule has 0 aliphatic heterocycles. The number of benzene rings is 1. The molecule has 2 amide bonds. The average molecular weight is 402 g/mol. The van der Waals surface area contributed by atoms with Crippen molar-refractivity contribution in [2.45, 2.75) is 20.3 Å². The lowest BCUT2D eigenvalue weighted by Gasteiger charge is -2.10. The number of nitrogens with one attached hydrogen (secondary N) is 2. The molecule has 0 aliphatic rings. The molecule has 0 fully saturated rings. The van der Waals surface area contributed by atoms with Gasteiger partial charge in [0.15, 0.2) is 6.61 Å². The minimum absolute atomic E-state index is 0.0972. The molecule has 3 rings (SSSR count). The topological polar surface area (TPSA) is 80.3 Å². The first kappa shape index (κ1) is 19.1. The standard InChI is InChI=1S/C19H19N3O3S2/c1-12-5-6-13(2)15(8-12)25-10-18(24)22-21-17(23)9-14-11-27-19(20-14)16-4-3-7-26-16/h3-8,11H,9-10H2,1-2H3,(H,21,23)(H,22,24). The fourth-order valence-electron chi connectivity index (χ4n) is 2.29. The largest absolute Gasteiger partial charge is 0.483 e. The predicted molar refractivity (Wildman–Crippen MR) is 107 cm³/mol. The number of hydrazine groups is 1. The van der Waals surface area contributed by atoms with Crippen molar-refractivity contribution in [3.63, 3.8) is 0 Å². The monoisotopic (exact) mass is 401 g/mol. The van der Waals surface area contributed by atoms with Gasteiger partial charge in [-0.1, -0.05) is 18.2 Å². The van der Waals surface area contributed by atoms with Gasteiger partial charge in [0.1, 0.15) is 10.8 Å². The molecule has 6 nitrogen and oxygen atoms in total. The molecule has 27 heavy (non-hydrogen) atoms. The van der Waals surface area contributed by atoms with Crippen LogP contribution in [0.5, 0.6) is 5.75 Å². The van der Waals surface area contributed by atoms with Gasteiger partial charge in [-0.15, -0.1) is 22.7 Å². The van der Waals surface area contributed by atoms with E-state index in [0.717, 1.165) is 21.0 Å². The molecular weight excluding hydrogens is 382 g/mol. The summed E-state index contributed by atoms with van der Waals surface area (Å²) in [6.07, 6.45) is 0.0972.